The van der Waals surface area contributed by atoms with Gasteiger partial charge < -0.3 is 24.7 Å². The van der Waals surface area contributed by atoms with Crippen LogP contribution in [0.4, 0.5) is 0 Å². The summed E-state index contributed by atoms with van der Waals surface area (Å²) < 4.78 is 6.06. The van der Waals surface area contributed by atoms with E-state index in [1.165, 1.54) is 25.7 Å². The molecular weight excluding hydrogens is 414 g/mol. The van der Waals surface area contributed by atoms with Crippen LogP contribution >= 0.6 is 0 Å². The van der Waals surface area contributed by atoms with E-state index < -0.39 is 11.9 Å². The normalized spacial score (nSPS) is 15.6. The molecule has 9 heteroatoms. The van der Waals surface area contributed by atoms with Crippen molar-refractivity contribution in [1.29, 1.82) is 0 Å². The Morgan fingerprint density at radius 3 is 2.28 bits per heavy atom. The molecule has 9 nitrogen and oxygen atoms in total. The summed E-state index contributed by atoms with van der Waals surface area (Å²) in [4.78, 5) is 40.0. The van der Waals surface area contributed by atoms with Crippen LogP contribution in [0.25, 0.3) is 0 Å². The van der Waals surface area contributed by atoms with Gasteiger partial charge >= 0.3 is 11.9 Å². The topological polar surface area (TPSA) is 120 Å². The average Bonchev–Trinajstić information content (AvgIpc) is 2.88. The summed E-state index contributed by atoms with van der Waals surface area (Å²) in [5, 5.41) is 15.6. The Labute approximate surface area is 189 Å². The van der Waals surface area contributed by atoms with Crippen molar-refractivity contribution in [2.45, 2.75) is 52.1 Å². The number of carbonyl (C=O) groups excluding carboxylic acids is 1. The van der Waals surface area contributed by atoms with Crippen LogP contribution in [0, 0.1) is 0 Å². The summed E-state index contributed by atoms with van der Waals surface area (Å²) in [5.41, 5.74) is 0.566. The zero-order valence-electron chi connectivity index (χ0n) is 19.2. The largest absolute Gasteiger partial charge is 0.478 e. The van der Waals surface area contributed by atoms with E-state index >= 15 is 0 Å². The highest BCUT2D eigenvalue weighted by atomic mass is 16.5. The number of rotatable bonds is 11. The maximum Gasteiger partial charge on any atom is 0.328 e. The van der Waals surface area contributed by atoms with Crippen molar-refractivity contribution in [2.24, 2.45) is 0 Å². The minimum Gasteiger partial charge on any atom is -0.478 e. The van der Waals surface area contributed by atoms with Crippen LogP contribution in [0.15, 0.2) is 30.5 Å². The minimum absolute atomic E-state index is 0.000790. The van der Waals surface area contributed by atoms with Gasteiger partial charge in [-0.1, -0.05) is 26.7 Å². The van der Waals surface area contributed by atoms with Gasteiger partial charge in [0.2, 0.25) is 5.88 Å². The van der Waals surface area contributed by atoms with E-state index in [0.29, 0.717) is 30.1 Å². The molecule has 0 saturated carbocycles. The molecule has 2 heterocycles. The van der Waals surface area contributed by atoms with Gasteiger partial charge in [0.05, 0.1) is 6.54 Å². The number of carboxylic acid groups (broad SMARTS) is 2. The van der Waals surface area contributed by atoms with Crippen LogP contribution < -0.4 is 4.74 Å². The molecule has 0 spiro atoms. The molecule has 32 heavy (non-hydrogen) atoms. The fraction of sp³-hybridized carbons (Fsp3) is 0.565. The monoisotopic (exact) mass is 449 g/mol. The van der Waals surface area contributed by atoms with E-state index in [2.05, 4.69) is 23.7 Å². The minimum atomic E-state index is -1.26. The zero-order chi connectivity index (χ0) is 23.9. The Morgan fingerprint density at radius 2 is 1.75 bits per heavy atom. The lowest BCUT2D eigenvalue weighted by Crippen LogP contribution is -2.37. The quantitative estimate of drug-likeness (QED) is 0.495. The standard InChI is InChI=1S/C19H31N3O2.C4H4O4/c1-4-6-12-22(13-7-5-2)14-10-16-15-21(3)19(23)17-9-8-11-20-18(17)24-16;5-3(6)1-2-4(7)8/h8-9,11,16H,4-7,10,12-15H2,1-3H3;1-2H,(H,5,6)(H,7,8)/b;2-1-. The summed E-state index contributed by atoms with van der Waals surface area (Å²) in [7, 11) is 1.84. The van der Waals surface area contributed by atoms with E-state index in [1.807, 2.05) is 7.05 Å². The molecule has 0 radical (unpaired) electrons. The second kappa shape index (κ2) is 15.0. The van der Waals surface area contributed by atoms with E-state index in [-0.39, 0.29) is 12.0 Å². The molecule has 0 aliphatic carbocycles. The number of amides is 1. The molecule has 1 amide bonds. The molecule has 0 saturated heterocycles. The number of carboxylic acids is 2. The number of aliphatic carboxylic acids is 2. The van der Waals surface area contributed by atoms with Crippen LogP contribution in [-0.2, 0) is 9.59 Å². The first-order valence-corrected chi connectivity index (χ1v) is 11.0. The molecule has 0 aromatic carbocycles. The smallest absolute Gasteiger partial charge is 0.328 e. The first-order chi connectivity index (χ1) is 15.3. The number of unbranched alkanes of at least 4 members (excludes halogenated alkanes) is 2. The van der Waals surface area contributed by atoms with Gasteiger partial charge in [-0.3, -0.25) is 4.79 Å². The molecule has 0 bridgehead atoms. The van der Waals surface area contributed by atoms with E-state index in [0.717, 1.165) is 26.1 Å². The SMILES string of the molecule is CCCCN(CCCC)CCC1CN(C)C(=O)c2cccnc2O1.O=C(O)/C=C\C(=O)O. The number of pyridine rings is 1. The van der Waals surface area contributed by atoms with Gasteiger partial charge in [0.25, 0.3) is 5.91 Å². The van der Waals surface area contributed by atoms with Crippen LogP contribution in [0.2, 0.25) is 0 Å². The summed E-state index contributed by atoms with van der Waals surface area (Å²) in [6, 6.07) is 3.57. The van der Waals surface area contributed by atoms with Crippen molar-refractivity contribution in [1.82, 2.24) is 14.8 Å². The molecular formula is C23H35N3O6. The van der Waals surface area contributed by atoms with Crippen molar-refractivity contribution in [3.63, 3.8) is 0 Å². The van der Waals surface area contributed by atoms with Gasteiger partial charge in [0.15, 0.2) is 0 Å². The van der Waals surface area contributed by atoms with Crippen molar-refractivity contribution in [2.75, 3.05) is 33.2 Å². The molecule has 1 aromatic rings. The molecule has 1 atom stereocenters. The van der Waals surface area contributed by atoms with Crippen LogP contribution in [0.5, 0.6) is 5.88 Å². The first kappa shape index (κ1) is 27.1. The number of nitrogens with zero attached hydrogens (tertiary/aromatic N) is 3. The van der Waals surface area contributed by atoms with Crippen LogP contribution in [0.1, 0.15) is 56.3 Å². The Bertz CT molecular complexity index is 744. The van der Waals surface area contributed by atoms with Gasteiger partial charge in [0, 0.05) is 31.9 Å². The zero-order valence-corrected chi connectivity index (χ0v) is 19.2. The Balaban J connectivity index is 0.000000547. The fourth-order valence-corrected chi connectivity index (χ4v) is 3.15. The van der Waals surface area contributed by atoms with E-state index in [9.17, 15) is 14.4 Å². The highest BCUT2D eigenvalue weighted by Crippen LogP contribution is 2.22. The summed E-state index contributed by atoms with van der Waals surface area (Å²) in [6.07, 6.45) is 8.63. The summed E-state index contributed by atoms with van der Waals surface area (Å²) in [5.74, 6) is -2.04. The molecule has 178 valence electrons. The second-order valence-corrected chi connectivity index (χ2v) is 7.63. The number of hydrogen-bond acceptors (Lipinski definition) is 6. The molecule has 2 N–H and O–H groups in total. The van der Waals surface area contributed by atoms with E-state index in [4.69, 9.17) is 14.9 Å². The highest BCUT2D eigenvalue weighted by Gasteiger charge is 2.27. The number of hydrogen-bond donors (Lipinski definition) is 2. The fourth-order valence-electron chi connectivity index (χ4n) is 3.15. The van der Waals surface area contributed by atoms with Crippen molar-refractivity contribution >= 4 is 17.8 Å². The first-order valence-electron chi connectivity index (χ1n) is 11.0. The number of fused-ring (bicyclic) bond motifs is 1. The summed E-state index contributed by atoms with van der Waals surface area (Å²) in [6.45, 7) is 8.38. The number of carbonyl (C=O) groups is 3. The molecule has 2 rings (SSSR count). The molecule has 1 unspecified atom stereocenters. The number of likely N-dealkylation sites (N-methyl/N-ethyl adjacent to an activating group) is 1. The van der Waals surface area contributed by atoms with Crippen LogP contribution in [0.3, 0.4) is 0 Å². The Kier molecular flexibility index (Phi) is 12.7. The maximum absolute atomic E-state index is 12.4. The van der Waals surface area contributed by atoms with Crippen molar-refractivity contribution in [3.8, 4) is 5.88 Å². The van der Waals surface area contributed by atoms with Crippen LogP contribution in [-0.4, -0.2) is 82.2 Å². The lowest BCUT2D eigenvalue weighted by atomic mass is 10.2. The Hall–Kier alpha value is -2.94. The molecule has 1 aliphatic rings. The predicted octanol–water partition coefficient (Wildman–Crippen LogP) is 2.92. The highest BCUT2D eigenvalue weighted by molar-refractivity contribution is 5.96. The maximum atomic E-state index is 12.4. The molecule has 1 aromatic heterocycles. The van der Waals surface area contributed by atoms with Gasteiger partial charge in [-0.15, -0.1) is 0 Å². The third-order valence-corrected chi connectivity index (χ3v) is 4.90. The third-order valence-electron chi connectivity index (χ3n) is 4.90. The van der Waals surface area contributed by atoms with Gasteiger partial charge in [-0.05, 0) is 44.5 Å². The number of aromatic nitrogens is 1. The lowest BCUT2D eigenvalue weighted by Gasteiger charge is -2.26. The second-order valence-electron chi connectivity index (χ2n) is 7.63. The van der Waals surface area contributed by atoms with Crippen molar-refractivity contribution in [3.05, 3.63) is 36.0 Å². The summed E-state index contributed by atoms with van der Waals surface area (Å²) >= 11 is 0. The van der Waals surface area contributed by atoms with Gasteiger partial charge in [0.1, 0.15) is 11.7 Å². The third kappa shape index (κ3) is 10.4. The van der Waals surface area contributed by atoms with Crippen molar-refractivity contribution < 1.29 is 29.3 Å². The average molecular weight is 450 g/mol. The Morgan fingerprint density at radius 1 is 1.16 bits per heavy atom. The van der Waals surface area contributed by atoms with E-state index in [1.54, 1.807) is 23.2 Å². The predicted molar refractivity (Wildman–Crippen MR) is 121 cm³/mol. The molecule has 1 aliphatic heterocycles. The van der Waals surface area contributed by atoms with Gasteiger partial charge in [-0.2, -0.15) is 0 Å². The lowest BCUT2D eigenvalue weighted by molar-refractivity contribution is -0.134. The molecule has 0 fully saturated rings. The number of ether oxygens (including phenoxy) is 1. The van der Waals surface area contributed by atoms with Gasteiger partial charge in [-0.25, -0.2) is 14.6 Å².